The topological polar surface area (TPSA) is 35.2 Å². The van der Waals surface area contributed by atoms with Gasteiger partial charge in [-0.05, 0) is 34.7 Å². The first-order valence-corrected chi connectivity index (χ1v) is 4.64. The molecule has 0 amide bonds. The summed E-state index contributed by atoms with van der Waals surface area (Å²) in [6, 6.07) is 2.80. The highest BCUT2D eigenvalue weighted by Gasteiger charge is 2.26. The van der Waals surface area contributed by atoms with Crippen LogP contribution in [0.3, 0.4) is 0 Å². The van der Waals surface area contributed by atoms with Crippen LogP contribution in [0.15, 0.2) is 12.1 Å². The first-order valence-electron chi connectivity index (χ1n) is 3.56. The molecule has 4 heteroatoms. The normalized spacial score (nSPS) is 20.4. The summed E-state index contributed by atoms with van der Waals surface area (Å²) in [5.41, 5.74) is 6.16. The van der Waals surface area contributed by atoms with Crippen LogP contribution in [0.25, 0.3) is 0 Å². The first-order chi connectivity index (χ1) is 5.70. The molecular formula is C8H7FINO. The number of halogens is 2. The number of hydrogen-bond acceptors (Lipinski definition) is 2. The fraction of sp³-hybridized carbons (Fsp3) is 0.250. The third kappa shape index (κ3) is 1.09. The molecule has 2 nitrogen and oxygen atoms in total. The zero-order chi connectivity index (χ0) is 8.72. The maximum absolute atomic E-state index is 13.2. The smallest absolute Gasteiger partial charge is 0.140 e. The van der Waals surface area contributed by atoms with E-state index in [0.29, 0.717) is 17.9 Å². The minimum absolute atomic E-state index is 0.268. The Morgan fingerprint density at radius 3 is 3.00 bits per heavy atom. The highest BCUT2D eigenvalue weighted by atomic mass is 127. The lowest BCUT2D eigenvalue weighted by Crippen LogP contribution is -2.11. The predicted octanol–water partition coefficient (Wildman–Crippen LogP) is 1.82. The second-order valence-corrected chi connectivity index (χ2v) is 3.85. The molecule has 1 atom stereocenters. The summed E-state index contributed by atoms with van der Waals surface area (Å²) >= 11 is 2.11. The van der Waals surface area contributed by atoms with E-state index in [1.54, 1.807) is 6.07 Å². The fourth-order valence-electron chi connectivity index (χ4n) is 1.30. The highest BCUT2D eigenvalue weighted by molar-refractivity contribution is 14.1. The third-order valence-corrected chi connectivity index (χ3v) is 2.72. The molecule has 0 saturated carbocycles. The maximum atomic E-state index is 13.2. The Balaban J connectivity index is 2.64. The minimum atomic E-state index is -0.310. The molecule has 1 heterocycles. The van der Waals surface area contributed by atoms with Crippen LogP contribution in [0, 0.1) is 9.39 Å². The van der Waals surface area contributed by atoms with Gasteiger partial charge in [-0.2, -0.15) is 0 Å². The van der Waals surface area contributed by atoms with Crippen molar-refractivity contribution in [1.29, 1.82) is 0 Å². The molecule has 1 aromatic carbocycles. The van der Waals surface area contributed by atoms with Crippen molar-refractivity contribution in [3.8, 4) is 5.75 Å². The van der Waals surface area contributed by atoms with Gasteiger partial charge in [-0.15, -0.1) is 0 Å². The van der Waals surface area contributed by atoms with E-state index in [2.05, 4.69) is 22.6 Å². The van der Waals surface area contributed by atoms with E-state index in [1.165, 1.54) is 6.07 Å². The van der Waals surface area contributed by atoms with Gasteiger partial charge in [-0.1, -0.05) is 0 Å². The van der Waals surface area contributed by atoms with Crippen LogP contribution in [-0.4, -0.2) is 6.61 Å². The van der Waals surface area contributed by atoms with Gasteiger partial charge in [0.05, 0.1) is 15.2 Å². The molecule has 2 N–H and O–H groups in total. The Hall–Kier alpha value is -0.360. The number of rotatable bonds is 0. The Labute approximate surface area is 83.0 Å². The Bertz CT molecular complexity index is 329. The number of benzene rings is 1. The van der Waals surface area contributed by atoms with Crippen molar-refractivity contribution >= 4 is 22.6 Å². The lowest BCUT2D eigenvalue weighted by molar-refractivity contribution is 0.331. The van der Waals surface area contributed by atoms with Crippen molar-refractivity contribution < 1.29 is 9.13 Å². The molecule has 1 aromatic rings. The highest BCUT2D eigenvalue weighted by Crippen LogP contribution is 2.36. The van der Waals surface area contributed by atoms with Gasteiger partial charge in [0, 0.05) is 0 Å². The summed E-state index contributed by atoms with van der Waals surface area (Å²) < 4.78 is 19.3. The van der Waals surface area contributed by atoms with E-state index in [0.717, 1.165) is 3.57 Å². The summed E-state index contributed by atoms with van der Waals surface area (Å²) in [4.78, 5) is 0. The molecular weight excluding hydrogens is 272 g/mol. The standard InChI is InChI=1S/C8H7FINO/c9-4-1-2-5(10)8-7(4)6(11)3-12-8/h1-2,6H,3,11H2/t6-/m0/s1. The van der Waals surface area contributed by atoms with E-state index in [1.807, 2.05) is 0 Å². The fourth-order valence-corrected chi connectivity index (χ4v) is 1.92. The zero-order valence-electron chi connectivity index (χ0n) is 6.18. The lowest BCUT2D eigenvalue weighted by Gasteiger charge is -2.03. The van der Waals surface area contributed by atoms with Crippen molar-refractivity contribution in [2.75, 3.05) is 6.61 Å². The van der Waals surface area contributed by atoms with E-state index in [4.69, 9.17) is 10.5 Å². The van der Waals surface area contributed by atoms with Gasteiger partial charge < -0.3 is 10.5 Å². The maximum Gasteiger partial charge on any atom is 0.140 e. The average molecular weight is 279 g/mol. The largest absolute Gasteiger partial charge is 0.490 e. The quantitative estimate of drug-likeness (QED) is 0.735. The second kappa shape index (κ2) is 2.85. The van der Waals surface area contributed by atoms with E-state index in [9.17, 15) is 4.39 Å². The van der Waals surface area contributed by atoms with Gasteiger partial charge in [0.2, 0.25) is 0 Å². The molecule has 64 valence electrons. The van der Waals surface area contributed by atoms with Crippen molar-refractivity contribution in [3.05, 3.63) is 27.1 Å². The Morgan fingerprint density at radius 1 is 1.58 bits per heavy atom. The monoisotopic (exact) mass is 279 g/mol. The summed E-state index contributed by atoms with van der Waals surface area (Å²) in [7, 11) is 0. The van der Waals surface area contributed by atoms with Gasteiger partial charge >= 0.3 is 0 Å². The van der Waals surface area contributed by atoms with Crippen LogP contribution in [0.1, 0.15) is 11.6 Å². The van der Waals surface area contributed by atoms with Gasteiger partial charge in [0.25, 0.3) is 0 Å². The molecule has 0 bridgehead atoms. The molecule has 0 radical (unpaired) electrons. The van der Waals surface area contributed by atoms with Crippen molar-refractivity contribution in [2.45, 2.75) is 6.04 Å². The molecule has 0 aromatic heterocycles. The van der Waals surface area contributed by atoms with E-state index >= 15 is 0 Å². The van der Waals surface area contributed by atoms with Crippen molar-refractivity contribution in [1.82, 2.24) is 0 Å². The molecule has 0 saturated heterocycles. The van der Waals surface area contributed by atoms with E-state index in [-0.39, 0.29) is 11.9 Å². The summed E-state index contributed by atoms with van der Waals surface area (Å²) in [5, 5.41) is 0. The van der Waals surface area contributed by atoms with Crippen LogP contribution < -0.4 is 10.5 Å². The van der Waals surface area contributed by atoms with Crippen molar-refractivity contribution in [2.24, 2.45) is 5.73 Å². The van der Waals surface area contributed by atoms with Crippen LogP contribution in [0.2, 0.25) is 0 Å². The molecule has 0 spiro atoms. The van der Waals surface area contributed by atoms with Crippen LogP contribution in [-0.2, 0) is 0 Å². The molecule has 12 heavy (non-hydrogen) atoms. The molecule has 0 unspecified atom stereocenters. The minimum Gasteiger partial charge on any atom is -0.490 e. The average Bonchev–Trinajstić information content (AvgIpc) is 2.42. The lowest BCUT2D eigenvalue weighted by atomic mass is 10.1. The number of nitrogens with two attached hydrogens (primary N) is 1. The zero-order valence-corrected chi connectivity index (χ0v) is 8.34. The summed E-state index contributed by atoms with van der Waals surface area (Å²) in [6.07, 6.45) is 0. The number of fused-ring (bicyclic) bond motifs is 1. The molecule has 0 aliphatic carbocycles. The Morgan fingerprint density at radius 2 is 2.33 bits per heavy atom. The third-order valence-electron chi connectivity index (χ3n) is 1.87. The molecule has 1 aliphatic rings. The number of hydrogen-bond donors (Lipinski definition) is 1. The molecule has 1 aliphatic heterocycles. The number of ether oxygens (including phenoxy) is 1. The summed E-state index contributed by atoms with van der Waals surface area (Å²) in [6.45, 7) is 0.381. The molecule has 2 rings (SSSR count). The van der Waals surface area contributed by atoms with Crippen LogP contribution >= 0.6 is 22.6 Å². The SMILES string of the molecule is N[C@H]1COc2c(I)ccc(F)c21. The van der Waals surface area contributed by atoms with Crippen LogP contribution in [0.4, 0.5) is 4.39 Å². The van der Waals surface area contributed by atoms with Gasteiger partial charge in [0.1, 0.15) is 18.2 Å². The van der Waals surface area contributed by atoms with Crippen LogP contribution in [0.5, 0.6) is 5.75 Å². The Kier molecular flexibility index (Phi) is 1.96. The summed E-state index contributed by atoms with van der Waals surface area (Å²) in [5.74, 6) is 0.346. The first kappa shape index (κ1) is 8.25. The molecule has 0 fully saturated rings. The second-order valence-electron chi connectivity index (χ2n) is 2.69. The van der Waals surface area contributed by atoms with Gasteiger partial charge in [0.15, 0.2) is 0 Å². The van der Waals surface area contributed by atoms with Gasteiger partial charge in [-0.25, -0.2) is 4.39 Å². The van der Waals surface area contributed by atoms with Gasteiger partial charge in [-0.3, -0.25) is 0 Å². The predicted molar refractivity (Wildman–Crippen MR) is 51.5 cm³/mol. The van der Waals surface area contributed by atoms with E-state index < -0.39 is 0 Å². The van der Waals surface area contributed by atoms with Crippen molar-refractivity contribution in [3.63, 3.8) is 0 Å².